The molecule has 108 valence electrons. The Morgan fingerprint density at radius 2 is 2.15 bits per heavy atom. The lowest BCUT2D eigenvalue weighted by molar-refractivity contribution is 0.453. The van der Waals surface area contributed by atoms with Gasteiger partial charge in [-0.2, -0.15) is 5.26 Å². The van der Waals surface area contributed by atoms with Gasteiger partial charge in [0.1, 0.15) is 15.9 Å². The maximum Gasteiger partial charge on any atom is 0.150 e. The number of hydrogen-bond acceptors (Lipinski definition) is 4. The third kappa shape index (κ3) is 3.65. The molecule has 0 aliphatic heterocycles. The van der Waals surface area contributed by atoms with Crippen LogP contribution in [0.2, 0.25) is 5.02 Å². The zero-order chi connectivity index (χ0) is 14.8. The van der Waals surface area contributed by atoms with E-state index in [9.17, 15) is 8.42 Å². The van der Waals surface area contributed by atoms with Gasteiger partial charge in [-0.25, -0.2) is 8.42 Å². The van der Waals surface area contributed by atoms with Crippen LogP contribution in [0.25, 0.3) is 0 Å². The van der Waals surface area contributed by atoms with Crippen LogP contribution in [0.4, 0.5) is 5.69 Å². The monoisotopic (exact) mass is 312 g/mol. The number of benzene rings is 1. The van der Waals surface area contributed by atoms with Gasteiger partial charge < -0.3 is 5.32 Å². The van der Waals surface area contributed by atoms with Crippen molar-refractivity contribution >= 4 is 27.1 Å². The molecule has 0 heterocycles. The normalized spacial score (nSPS) is 23.1. The van der Waals surface area contributed by atoms with Crippen LogP contribution in [0.3, 0.4) is 0 Å². The first-order valence-corrected chi connectivity index (χ1v) is 8.88. The Morgan fingerprint density at radius 1 is 1.40 bits per heavy atom. The van der Waals surface area contributed by atoms with E-state index in [4.69, 9.17) is 16.9 Å². The fraction of sp³-hybridized carbons (Fsp3) is 0.500. The van der Waals surface area contributed by atoms with Crippen LogP contribution in [-0.2, 0) is 9.84 Å². The van der Waals surface area contributed by atoms with Crippen LogP contribution < -0.4 is 5.32 Å². The molecule has 0 bridgehead atoms. The van der Waals surface area contributed by atoms with Gasteiger partial charge in [-0.3, -0.25) is 0 Å². The summed E-state index contributed by atoms with van der Waals surface area (Å²) in [5.74, 6) is 0. The third-order valence-corrected chi connectivity index (χ3v) is 5.57. The fourth-order valence-electron chi connectivity index (χ4n) is 2.62. The molecule has 4 nitrogen and oxygen atoms in total. The summed E-state index contributed by atoms with van der Waals surface area (Å²) >= 11 is 5.86. The van der Waals surface area contributed by atoms with Crippen LogP contribution in [-0.4, -0.2) is 26.0 Å². The molecule has 0 radical (unpaired) electrons. The molecular formula is C14H17ClN2O2S. The number of anilines is 1. The molecule has 2 rings (SSSR count). The summed E-state index contributed by atoms with van der Waals surface area (Å²) in [6.45, 7) is 0. The molecule has 1 saturated carbocycles. The average Bonchev–Trinajstić information content (AvgIpc) is 2.40. The van der Waals surface area contributed by atoms with E-state index in [2.05, 4.69) is 11.4 Å². The summed E-state index contributed by atoms with van der Waals surface area (Å²) in [6, 6.07) is 7.29. The van der Waals surface area contributed by atoms with Gasteiger partial charge in [-0.05, 0) is 37.5 Å². The molecule has 1 aromatic carbocycles. The topological polar surface area (TPSA) is 70.0 Å². The van der Waals surface area contributed by atoms with E-state index in [1.54, 1.807) is 18.2 Å². The molecule has 1 aromatic rings. The second kappa shape index (κ2) is 6.02. The quantitative estimate of drug-likeness (QED) is 0.931. The maximum atomic E-state index is 11.7. The highest BCUT2D eigenvalue weighted by Gasteiger charge is 2.29. The zero-order valence-electron chi connectivity index (χ0n) is 11.3. The summed E-state index contributed by atoms with van der Waals surface area (Å²) < 4.78 is 23.3. The van der Waals surface area contributed by atoms with Crippen molar-refractivity contribution < 1.29 is 8.42 Å². The third-order valence-electron chi connectivity index (χ3n) is 3.69. The van der Waals surface area contributed by atoms with Crippen LogP contribution in [0, 0.1) is 11.3 Å². The lowest BCUT2D eigenvalue weighted by atomic mass is 9.94. The molecule has 0 aromatic heterocycles. The van der Waals surface area contributed by atoms with Crippen molar-refractivity contribution in [3.63, 3.8) is 0 Å². The number of rotatable bonds is 3. The van der Waals surface area contributed by atoms with Crippen LogP contribution in [0.15, 0.2) is 18.2 Å². The van der Waals surface area contributed by atoms with Crippen LogP contribution in [0.5, 0.6) is 0 Å². The highest BCUT2D eigenvalue weighted by Crippen LogP contribution is 2.28. The Morgan fingerprint density at radius 3 is 2.80 bits per heavy atom. The molecule has 2 unspecified atom stereocenters. The van der Waals surface area contributed by atoms with Crippen molar-refractivity contribution in [2.24, 2.45) is 0 Å². The van der Waals surface area contributed by atoms with Gasteiger partial charge in [-0.1, -0.05) is 18.0 Å². The number of hydrogen-bond donors (Lipinski definition) is 1. The van der Waals surface area contributed by atoms with E-state index < -0.39 is 9.84 Å². The van der Waals surface area contributed by atoms with Gasteiger partial charge in [0.2, 0.25) is 0 Å². The molecule has 6 heteroatoms. The lowest BCUT2D eigenvalue weighted by Gasteiger charge is -2.29. The first-order chi connectivity index (χ1) is 9.40. The minimum Gasteiger partial charge on any atom is -0.381 e. The molecule has 1 N–H and O–H groups in total. The molecule has 1 fully saturated rings. The van der Waals surface area contributed by atoms with E-state index in [1.165, 1.54) is 6.26 Å². The molecule has 1 aliphatic carbocycles. The SMILES string of the molecule is CS(=O)(=O)C1CCCC(Nc2ccc(Cl)cc2C#N)C1. The Kier molecular flexibility index (Phi) is 4.56. The number of halogens is 1. The minimum absolute atomic E-state index is 0.0803. The van der Waals surface area contributed by atoms with Gasteiger partial charge >= 0.3 is 0 Å². The Labute approximate surface area is 124 Å². The summed E-state index contributed by atoms with van der Waals surface area (Å²) in [7, 11) is -3.00. The minimum atomic E-state index is -3.00. The van der Waals surface area contributed by atoms with E-state index in [0.29, 0.717) is 17.0 Å². The molecule has 1 aliphatic rings. The Bertz CT molecular complexity index is 637. The summed E-state index contributed by atoms with van der Waals surface area (Å²) in [5, 5.41) is 12.6. The van der Waals surface area contributed by atoms with Crippen molar-refractivity contribution in [3.8, 4) is 6.07 Å². The molecular weight excluding hydrogens is 296 g/mol. The van der Waals surface area contributed by atoms with E-state index in [1.807, 2.05) is 0 Å². The predicted octanol–water partition coefficient (Wildman–Crippen LogP) is 2.98. The van der Waals surface area contributed by atoms with E-state index in [-0.39, 0.29) is 11.3 Å². The maximum absolute atomic E-state index is 11.7. The molecule has 0 spiro atoms. The van der Waals surface area contributed by atoms with Gasteiger partial charge in [0.15, 0.2) is 0 Å². The van der Waals surface area contributed by atoms with Gasteiger partial charge in [-0.15, -0.1) is 0 Å². The lowest BCUT2D eigenvalue weighted by Crippen LogP contribution is -2.34. The number of nitrogens with one attached hydrogen (secondary N) is 1. The smallest absolute Gasteiger partial charge is 0.150 e. The van der Waals surface area contributed by atoms with Gasteiger partial charge in [0, 0.05) is 17.3 Å². The number of nitrogens with zero attached hydrogens (tertiary/aromatic N) is 1. The van der Waals surface area contributed by atoms with Gasteiger partial charge in [0.05, 0.1) is 16.5 Å². The highest BCUT2D eigenvalue weighted by molar-refractivity contribution is 7.91. The second-order valence-corrected chi connectivity index (χ2v) is 8.02. The van der Waals surface area contributed by atoms with Crippen molar-refractivity contribution in [1.29, 1.82) is 5.26 Å². The average molecular weight is 313 g/mol. The molecule has 2 atom stereocenters. The summed E-state index contributed by atoms with van der Waals surface area (Å²) in [6.07, 6.45) is 4.41. The molecule has 20 heavy (non-hydrogen) atoms. The fourth-order valence-corrected chi connectivity index (χ4v) is 3.97. The van der Waals surface area contributed by atoms with Crippen molar-refractivity contribution in [2.45, 2.75) is 37.0 Å². The standard InChI is InChI=1S/C14H17ClN2O2S/c1-20(18,19)13-4-2-3-12(8-13)17-14-6-5-11(15)7-10(14)9-16/h5-7,12-13,17H,2-4,8H2,1H3. The highest BCUT2D eigenvalue weighted by atomic mass is 35.5. The van der Waals surface area contributed by atoms with E-state index in [0.717, 1.165) is 24.9 Å². The summed E-state index contributed by atoms with van der Waals surface area (Å²) in [4.78, 5) is 0. The van der Waals surface area contributed by atoms with Gasteiger partial charge in [0.25, 0.3) is 0 Å². The van der Waals surface area contributed by atoms with Crippen LogP contribution >= 0.6 is 11.6 Å². The molecule has 0 saturated heterocycles. The Balaban J connectivity index is 2.13. The van der Waals surface area contributed by atoms with Crippen molar-refractivity contribution in [1.82, 2.24) is 0 Å². The Hall–Kier alpha value is -1.25. The first-order valence-electron chi connectivity index (χ1n) is 6.55. The largest absolute Gasteiger partial charge is 0.381 e. The summed E-state index contributed by atoms with van der Waals surface area (Å²) in [5.41, 5.74) is 1.20. The zero-order valence-corrected chi connectivity index (χ0v) is 12.8. The number of sulfone groups is 1. The first kappa shape index (κ1) is 15.1. The van der Waals surface area contributed by atoms with Crippen molar-refractivity contribution in [2.75, 3.05) is 11.6 Å². The van der Waals surface area contributed by atoms with Crippen molar-refractivity contribution in [3.05, 3.63) is 28.8 Å². The van der Waals surface area contributed by atoms with E-state index >= 15 is 0 Å². The predicted molar refractivity (Wildman–Crippen MR) is 80.7 cm³/mol. The molecule has 0 amide bonds. The van der Waals surface area contributed by atoms with Crippen LogP contribution in [0.1, 0.15) is 31.2 Å². The second-order valence-electron chi connectivity index (χ2n) is 5.26. The number of nitriles is 1.